The Labute approximate surface area is 109 Å². The van der Waals surface area contributed by atoms with Gasteiger partial charge in [-0.15, -0.1) is 0 Å². The number of esters is 1. The van der Waals surface area contributed by atoms with Gasteiger partial charge in [-0.25, -0.2) is 0 Å². The normalized spacial score (nSPS) is 12.3. The fourth-order valence-corrected chi connectivity index (χ4v) is 1.71. The van der Waals surface area contributed by atoms with Gasteiger partial charge in [0, 0.05) is 26.3 Å². The largest absolute Gasteiger partial charge is 0.468 e. The molecule has 0 heterocycles. The third-order valence-corrected chi connectivity index (χ3v) is 3.06. The molecule has 0 saturated carbocycles. The van der Waals surface area contributed by atoms with Crippen LogP contribution in [0.4, 0.5) is 5.69 Å². The van der Waals surface area contributed by atoms with E-state index >= 15 is 0 Å². The van der Waals surface area contributed by atoms with Crippen LogP contribution in [-0.2, 0) is 16.1 Å². The molecular weight excluding hydrogens is 228 g/mol. The molecule has 0 aliphatic carbocycles. The minimum Gasteiger partial charge on any atom is -0.468 e. The van der Waals surface area contributed by atoms with Crippen molar-refractivity contribution < 1.29 is 9.53 Å². The van der Waals surface area contributed by atoms with E-state index in [9.17, 15) is 4.79 Å². The van der Waals surface area contributed by atoms with E-state index in [0.717, 1.165) is 12.2 Å². The van der Waals surface area contributed by atoms with Crippen LogP contribution in [0.25, 0.3) is 0 Å². The van der Waals surface area contributed by atoms with Gasteiger partial charge >= 0.3 is 5.97 Å². The second-order valence-electron chi connectivity index (χ2n) is 4.68. The third kappa shape index (κ3) is 3.74. The van der Waals surface area contributed by atoms with Crippen molar-refractivity contribution in [3.05, 3.63) is 29.8 Å². The molecule has 0 aromatic heterocycles. The highest BCUT2D eigenvalue weighted by molar-refractivity contribution is 5.75. The van der Waals surface area contributed by atoms with Crippen molar-refractivity contribution in [2.45, 2.75) is 19.5 Å². The average molecular weight is 250 g/mol. The van der Waals surface area contributed by atoms with Crippen LogP contribution in [0.3, 0.4) is 0 Å². The van der Waals surface area contributed by atoms with Gasteiger partial charge < -0.3 is 9.64 Å². The Morgan fingerprint density at radius 2 is 2.00 bits per heavy atom. The summed E-state index contributed by atoms with van der Waals surface area (Å²) in [6.45, 7) is 2.57. The Hall–Kier alpha value is -1.55. The Balaban J connectivity index is 2.72. The number of hydrogen-bond acceptors (Lipinski definition) is 4. The summed E-state index contributed by atoms with van der Waals surface area (Å²) in [5.41, 5.74) is 2.34. The van der Waals surface area contributed by atoms with E-state index in [-0.39, 0.29) is 12.0 Å². The molecule has 100 valence electrons. The number of anilines is 1. The average Bonchev–Trinajstić information content (AvgIpc) is 2.37. The number of carbonyl (C=O) groups is 1. The summed E-state index contributed by atoms with van der Waals surface area (Å²) in [5, 5.41) is 0. The van der Waals surface area contributed by atoms with Crippen molar-refractivity contribution in [1.82, 2.24) is 4.90 Å². The van der Waals surface area contributed by atoms with Crippen LogP contribution in [0.1, 0.15) is 12.5 Å². The van der Waals surface area contributed by atoms with Gasteiger partial charge in [0.2, 0.25) is 0 Å². The van der Waals surface area contributed by atoms with Crippen LogP contribution in [-0.4, -0.2) is 45.2 Å². The first kappa shape index (κ1) is 14.5. The summed E-state index contributed by atoms with van der Waals surface area (Å²) in [4.78, 5) is 15.5. The van der Waals surface area contributed by atoms with Gasteiger partial charge in [-0.1, -0.05) is 12.1 Å². The molecule has 0 spiro atoms. The number of nitrogens with zero attached hydrogens (tertiary/aromatic N) is 2. The SMILES string of the molecule is COC(=O)C(C)N(C)Cc1cccc(N(C)C)c1. The van der Waals surface area contributed by atoms with E-state index in [4.69, 9.17) is 4.74 Å². The highest BCUT2D eigenvalue weighted by Gasteiger charge is 2.18. The molecule has 4 nitrogen and oxygen atoms in total. The standard InChI is InChI=1S/C14H22N2O2/c1-11(14(17)18-5)16(4)10-12-7-6-8-13(9-12)15(2)3/h6-9,11H,10H2,1-5H3. The molecule has 1 unspecified atom stereocenters. The van der Waals surface area contributed by atoms with Crippen molar-refractivity contribution in [2.24, 2.45) is 0 Å². The van der Waals surface area contributed by atoms with Crippen molar-refractivity contribution in [2.75, 3.05) is 33.2 Å². The lowest BCUT2D eigenvalue weighted by Crippen LogP contribution is -2.36. The minimum absolute atomic E-state index is 0.207. The molecule has 0 aliphatic rings. The predicted octanol–water partition coefficient (Wildman–Crippen LogP) is 1.75. The van der Waals surface area contributed by atoms with Crippen LogP contribution in [0.5, 0.6) is 0 Å². The quantitative estimate of drug-likeness (QED) is 0.745. The zero-order valence-electron chi connectivity index (χ0n) is 11.8. The van der Waals surface area contributed by atoms with Crippen LogP contribution in [0, 0.1) is 0 Å². The molecule has 1 rings (SSSR count). The summed E-state index contributed by atoms with van der Waals surface area (Å²) in [7, 11) is 7.36. The van der Waals surface area contributed by atoms with E-state index in [1.165, 1.54) is 12.7 Å². The molecule has 0 saturated heterocycles. The van der Waals surface area contributed by atoms with Crippen LogP contribution >= 0.6 is 0 Å². The lowest BCUT2D eigenvalue weighted by molar-refractivity contribution is -0.145. The Kier molecular flexibility index (Phi) is 5.16. The minimum atomic E-state index is -0.238. The van der Waals surface area contributed by atoms with Gasteiger partial charge in [0.05, 0.1) is 7.11 Å². The molecule has 4 heteroatoms. The van der Waals surface area contributed by atoms with Crippen LogP contribution in [0.2, 0.25) is 0 Å². The number of carbonyl (C=O) groups excluding carboxylic acids is 1. The molecule has 0 aliphatic heterocycles. The van der Waals surface area contributed by atoms with Gasteiger partial charge in [-0.05, 0) is 31.7 Å². The number of likely N-dealkylation sites (N-methyl/N-ethyl adjacent to an activating group) is 1. The Morgan fingerprint density at radius 1 is 1.33 bits per heavy atom. The van der Waals surface area contributed by atoms with E-state index in [1.54, 1.807) is 0 Å². The predicted molar refractivity (Wildman–Crippen MR) is 73.7 cm³/mol. The first-order valence-electron chi connectivity index (χ1n) is 6.00. The summed E-state index contributed by atoms with van der Waals surface area (Å²) in [6.07, 6.45) is 0. The molecule has 0 bridgehead atoms. The number of ether oxygens (including phenoxy) is 1. The monoisotopic (exact) mass is 250 g/mol. The fraction of sp³-hybridized carbons (Fsp3) is 0.500. The van der Waals surface area contributed by atoms with Gasteiger partial charge in [-0.2, -0.15) is 0 Å². The molecule has 1 aromatic rings. The molecular formula is C14H22N2O2. The molecule has 1 atom stereocenters. The zero-order chi connectivity index (χ0) is 13.7. The molecule has 18 heavy (non-hydrogen) atoms. The third-order valence-electron chi connectivity index (χ3n) is 3.06. The van der Waals surface area contributed by atoms with Crippen molar-refractivity contribution in [3.63, 3.8) is 0 Å². The Bertz CT molecular complexity index is 405. The highest BCUT2D eigenvalue weighted by atomic mass is 16.5. The lowest BCUT2D eigenvalue weighted by Gasteiger charge is -2.23. The first-order valence-corrected chi connectivity index (χ1v) is 6.00. The lowest BCUT2D eigenvalue weighted by atomic mass is 10.1. The number of hydrogen-bond donors (Lipinski definition) is 0. The molecule has 0 amide bonds. The number of methoxy groups -OCH3 is 1. The van der Waals surface area contributed by atoms with Gasteiger partial charge in [0.25, 0.3) is 0 Å². The second kappa shape index (κ2) is 6.40. The van der Waals surface area contributed by atoms with Gasteiger partial charge in [-0.3, -0.25) is 9.69 Å². The second-order valence-corrected chi connectivity index (χ2v) is 4.68. The fourth-order valence-electron chi connectivity index (χ4n) is 1.71. The summed E-state index contributed by atoms with van der Waals surface area (Å²) in [5.74, 6) is -0.207. The van der Waals surface area contributed by atoms with Crippen LogP contribution < -0.4 is 4.90 Å². The molecule has 0 radical (unpaired) electrons. The topological polar surface area (TPSA) is 32.8 Å². The maximum absolute atomic E-state index is 11.4. The number of benzene rings is 1. The van der Waals surface area contributed by atoms with Crippen LogP contribution in [0.15, 0.2) is 24.3 Å². The highest BCUT2D eigenvalue weighted by Crippen LogP contribution is 2.15. The van der Waals surface area contributed by atoms with E-state index in [1.807, 2.05) is 39.0 Å². The van der Waals surface area contributed by atoms with E-state index < -0.39 is 0 Å². The number of rotatable bonds is 5. The van der Waals surface area contributed by atoms with Gasteiger partial charge in [0.1, 0.15) is 6.04 Å². The maximum Gasteiger partial charge on any atom is 0.322 e. The van der Waals surface area contributed by atoms with E-state index in [0.29, 0.717) is 0 Å². The van der Waals surface area contributed by atoms with E-state index in [2.05, 4.69) is 23.1 Å². The van der Waals surface area contributed by atoms with Crippen molar-refractivity contribution >= 4 is 11.7 Å². The van der Waals surface area contributed by atoms with Crippen molar-refractivity contribution in [1.29, 1.82) is 0 Å². The summed E-state index contributed by atoms with van der Waals surface area (Å²) < 4.78 is 4.74. The smallest absolute Gasteiger partial charge is 0.322 e. The van der Waals surface area contributed by atoms with Crippen molar-refractivity contribution in [3.8, 4) is 0 Å². The Morgan fingerprint density at radius 3 is 2.56 bits per heavy atom. The molecule has 1 aromatic carbocycles. The maximum atomic E-state index is 11.4. The molecule has 0 fully saturated rings. The first-order chi connectivity index (χ1) is 8.45. The summed E-state index contributed by atoms with van der Waals surface area (Å²) in [6, 6.07) is 8.04. The van der Waals surface area contributed by atoms with Gasteiger partial charge in [0.15, 0.2) is 0 Å². The zero-order valence-corrected chi connectivity index (χ0v) is 11.8. The molecule has 0 N–H and O–H groups in total. The summed E-state index contributed by atoms with van der Waals surface area (Å²) >= 11 is 0.